The highest BCUT2D eigenvalue weighted by atomic mass is 16.2. The number of hydrogen-bond acceptors (Lipinski definition) is 3. The van der Waals surface area contributed by atoms with Gasteiger partial charge in [0.15, 0.2) is 0 Å². The summed E-state index contributed by atoms with van der Waals surface area (Å²) in [5.41, 5.74) is 0. The number of amides is 3. The SMILES string of the molecule is O=C(CN1C(=O)C2CCCCC2C1=O)N1CCCCCC1. The van der Waals surface area contributed by atoms with E-state index >= 15 is 0 Å². The standard InChI is InChI=1S/C16H24N2O3/c19-14(17-9-5-1-2-6-10-17)11-18-15(20)12-7-3-4-8-13(12)16(18)21/h12-13H,1-11H2. The van der Waals surface area contributed by atoms with Crippen molar-refractivity contribution in [3.8, 4) is 0 Å². The topological polar surface area (TPSA) is 57.7 Å². The molecule has 3 amide bonds. The predicted molar refractivity (Wildman–Crippen MR) is 77.2 cm³/mol. The molecule has 3 fully saturated rings. The van der Waals surface area contributed by atoms with Gasteiger partial charge in [-0.1, -0.05) is 25.7 Å². The van der Waals surface area contributed by atoms with Crippen LogP contribution in [0.2, 0.25) is 0 Å². The first-order valence-corrected chi connectivity index (χ1v) is 8.31. The minimum atomic E-state index is -0.150. The Balaban J connectivity index is 1.65. The molecule has 0 aromatic rings. The average Bonchev–Trinajstić information content (AvgIpc) is 2.72. The van der Waals surface area contributed by atoms with Crippen LogP contribution in [0.1, 0.15) is 51.4 Å². The van der Waals surface area contributed by atoms with Crippen LogP contribution in [0.25, 0.3) is 0 Å². The number of nitrogens with zero attached hydrogens (tertiary/aromatic N) is 2. The molecule has 116 valence electrons. The second-order valence-corrected chi connectivity index (χ2v) is 6.56. The second-order valence-electron chi connectivity index (χ2n) is 6.56. The number of rotatable bonds is 2. The van der Waals surface area contributed by atoms with Gasteiger partial charge in [0.05, 0.1) is 11.8 Å². The van der Waals surface area contributed by atoms with Gasteiger partial charge in [-0.25, -0.2) is 0 Å². The van der Waals surface area contributed by atoms with Crippen molar-refractivity contribution in [3.05, 3.63) is 0 Å². The minimum Gasteiger partial charge on any atom is -0.341 e. The van der Waals surface area contributed by atoms with Gasteiger partial charge in [-0.05, 0) is 25.7 Å². The van der Waals surface area contributed by atoms with Crippen LogP contribution >= 0.6 is 0 Å². The fourth-order valence-corrected chi connectivity index (χ4v) is 3.94. The minimum absolute atomic E-state index is 0.0370. The normalized spacial score (nSPS) is 30.3. The Morgan fingerprint density at radius 1 is 0.857 bits per heavy atom. The fraction of sp³-hybridized carbons (Fsp3) is 0.812. The van der Waals surface area contributed by atoms with E-state index in [-0.39, 0.29) is 36.1 Å². The molecule has 0 radical (unpaired) electrons. The van der Waals surface area contributed by atoms with E-state index < -0.39 is 0 Å². The molecular weight excluding hydrogens is 268 g/mol. The lowest BCUT2D eigenvalue weighted by molar-refractivity contribution is -0.146. The van der Waals surface area contributed by atoms with Crippen molar-refractivity contribution < 1.29 is 14.4 Å². The van der Waals surface area contributed by atoms with Gasteiger partial charge in [0.25, 0.3) is 0 Å². The number of fused-ring (bicyclic) bond motifs is 1. The smallest absolute Gasteiger partial charge is 0.242 e. The van der Waals surface area contributed by atoms with Gasteiger partial charge in [0.1, 0.15) is 6.54 Å². The maximum Gasteiger partial charge on any atom is 0.242 e. The summed E-state index contributed by atoms with van der Waals surface area (Å²) in [6, 6.07) is 0. The molecule has 0 spiro atoms. The zero-order chi connectivity index (χ0) is 14.8. The fourth-order valence-electron chi connectivity index (χ4n) is 3.94. The van der Waals surface area contributed by atoms with E-state index in [0.29, 0.717) is 0 Å². The third-order valence-corrected chi connectivity index (χ3v) is 5.18. The zero-order valence-corrected chi connectivity index (χ0v) is 12.6. The number of likely N-dealkylation sites (tertiary alicyclic amines) is 2. The number of carbonyl (C=O) groups is 3. The highest BCUT2D eigenvalue weighted by Crippen LogP contribution is 2.37. The predicted octanol–water partition coefficient (Wildman–Crippen LogP) is 1.56. The Kier molecular flexibility index (Phi) is 4.27. The van der Waals surface area contributed by atoms with Crippen molar-refractivity contribution in [2.75, 3.05) is 19.6 Å². The monoisotopic (exact) mass is 292 g/mol. The molecule has 3 rings (SSSR count). The molecule has 5 nitrogen and oxygen atoms in total. The van der Waals surface area contributed by atoms with Crippen LogP contribution < -0.4 is 0 Å². The van der Waals surface area contributed by atoms with Gasteiger partial charge >= 0.3 is 0 Å². The van der Waals surface area contributed by atoms with E-state index in [0.717, 1.165) is 64.5 Å². The number of carbonyl (C=O) groups excluding carboxylic acids is 3. The summed E-state index contributed by atoms with van der Waals surface area (Å²) in [6.45, 7) is 1.49. The molecule has 5 heteroatoms. The van der Waals surface area contributed by atoms with E-state index in [2.05, 4.69) is 0 Å². The van der Waals surface area contributed by atoms with Crippen molar-refractivity contribution >= 4 is 17.7 Å². The van der Waals surface area contributed by atoms with Crippen LogP contribution in [0.3, 0.4) is 0 Å². The van der Waals surface area contributed by atoms with Crippen molar-refractivity contribution in [1.82, 2.24) is 9.80 Å². The molecule has 0 N–H and O–H groups in total. The molecule has 2 heterocycles. The Hall–Kier alpha value is -1.39. The van der Waals surface area contributed by atoms with Gasteiger partial charge in [0, 0.05) is 13.1 Å². The Morgan fingerprint density at radius 3 is 1.90 bits per heavy atom. The highest BCUT2D eigenvalue weighted by molar-refractivity contribution is 6.07. The Bertz CT molecular complexity index is 417. The summed E-state index contributed by atoms with van der Waals surface area (Å²) in [4.78, 5) is 40.2. The lowest BCUT2D eigenvalue weighted by Gasteiger charge is -2.23. The van der Waals surface area contributed by atoms with Gasteiger partial charge in [-0.3, -0.25) is 19.3 Å². The van der Waals surface area contributed by atoms with Gasteiger partial charge < -0.3 is 4.90 Å². The molecule has 1 aliphatic carbocycles. The zero-order valence-electron chi connectivity index (χ0n) is 12.6. The molecule has 1 saturated carbocycles. The molecule has 2 saturated heterocycles. The molecule has 0 aromatic carbocycles. The molecule has 3 aliphatic rings. The summed E-state index contributed by atoms with van der Waals surface area (Å²) in [5, 5.41) is 0. The summed E-state index contributed by atoms with van der Waals surface area (Å²) in [6.07, 6.45) is 8.04. The Morgan fingerprint density at radius 2 is 1.38 bits per heavy atom. The molecule has 2 atom stereocenters. The van der Waals surface area contributed by atoms with Crippen LogP contribution in [0, 0.1) is 11.8 Å². The molecule has 2 aliphatic heterocycles. The van der Waals surface area contributed by atoms with Gasteiger partial charge in [0.2, 0.25) is 17.7 Å². The van der Waals surface area contributed by atoms with Crippen molar-refractivity contribution in [2.45, 2.75) is 51.4 Å². The first kappa shape index (κ1) is 14.5. The van der Waals surface area contributed by atoms with Gasteiger partial charge in [-0.15, -0.1) is 0 Å². The van der Waals surface area contributed by atoms with Crippen molar-refractivity contribution in [1.29, 1.82) is 0 Å². The number of imide groups is 1. The largest absolute Gasteiger partial charge is 0.341 e. The lowest BCUT2D eigenvalue weighted by Crippen LogP contribution is -2.43. The average molecular weight is 292 g/mol. The molecule has 0 bridgehead atoms. The van der Waals surface area contributed by atoms with E-state index in [1.54, 1.807) is 0 Å². The Labute approximate surface area is 125 Å². The summed E-state index contributed by atoms with van der Waals surface area (Å²) >= 11 is 0. The van der Waals surface area contributed by atoms with E-state index in [1.165, 1.54) is 4.90 Å². The summed E-state index contributed by atoms with van der Waals surface area (Å²) < 4.78 is 0. The number of hydrogen-bond donors (Lipinski definition) is 0. The van der Waals surface area contributed by atoms with E-state index in [9.17, 15) is 14.4 Å². The summed E-state index contributed by atoms with van der Waals surface area (Å²) in [7, 11) is 0. The molecule has 2 unspecified atom stereocenters. The molecule has 21 heavy (non-hydrogen) atoms. The quantitative estimate of drug-likeness (QED) is 0.726. The third kappa shape index (κ3) is 2.83. The second kappa shape index (κ2) is 6.16. The first-order valence-electron chi connectivity index (χ1n) is 8.31. The van der Waals surface area contributed by atoms with Crippen LogP contribution in [0.4, 0.5) is 0 Å². The highest BCUT2D eigenvalue weighted by Gasteiger charge is 2.48. The molecular formula is C16H24N2O3. The maximum atomic E-state index is 12.4. The van der Waals surface area contributed by atoms with Crippen LogP contribution in [0.5, 0.6) is 0 Å². The van der Waals surface area contributed by atoms with Crippen LogP contribution in [-0.4, -0.2) is 47.2 Å². The van der Waals surface area contributed by atoms with Crippen LogP contribution in [0.15, 0.2) is 0 Å². The summed E-state index contributed by atoms with van der Waals surface area (Å²) in [5.74, 6) is -0.565. The van der Waals surface area contributed by atoms with Crippen LogP contribution in [-0.2, 0) is 14.4 Å². The van der Waals surface area contributed by atoms with Crippen molar-refractivity contribution in [2.24, 2.45) is 11.8 Å². The maximum absolute atomic E-state index is 12.4. The molecule has 0 aromatic heterocycles. The lowest BCUT2D eigenvalue weighted by atomic mass is 9.81. The van der Waals surface area contributed by atoms with E-state index in [4.69, 9.17) is 0 Å². The van der Waals surface area contributed by atoms with Crippen molar-refractivity contribution in [3.63, 3.8) is 0 Å². The third-order valence-electron chi connectivity index (χ3n) is 5.18. The van der Waals surface area contributed by atoms with Gasteiger partial charge in [-0.2, -0.15) is 0 Å². The van der Waals surface area contributed by atoms with E-state index in [1.807, 2.05) is 4.90 Å². The first-order chi connectivity index (χ1) is 10.2.